The number of alkyl halides is 5. The van der Waals surface area contributed by atoms with Crippen molar-refractivity contribution < 1.29 is 22.3 Å². The summed E-state index contributed by atoms with van der Waals surface area (Å²) in [6, 6.07) is 0. The van der Waals surface area contributed by atoms with Crippen LogP contribution < -0.4 is 0 Å². The fraction of sp³-hybridized carbons (Fsp3) is 1.00. The van der Waals surface area contributed by atoms with E-state index in [1.165, 1.54) is 14.1 Å². The summed E-state index contributed by atoms with van der Waals surface area (Å²) >= 11 is 10.6. The third-order valence-electron chi connectivity index (χ3n) is 1.52. The predicted octanol–water partition coefficient (Wildman–Crippen LogP) is 3.57. The van der Waals surface area contributed by atoms with Gasteiger partial charge in [0, 0.05) is 0 Å². The third kappa shape index (κ3) is 5.72. The van der Waals surface area contributed by atoms with Crippen molar-refractivity contribution >= 4 is 31.5 Å². The van der Waals surface area contributed by atoms with Crippen LogP contribution in [0.4, 0.5) is 13.2 Å². The fourth-order valence-electron chi connectivity index (χ4n) is 1.34. The minimum atomic E-state index is -4.67. The normalized spacial score (nSPS) is 15.4. The maximum Gasteiger partial charge on any atom is 0.427 e. The van der Waals surface area contributed by atoms with Gasteiger partial charge in [0.15, 0.2) is 0 Å². The average molecular weight is 299 g/mol. The molecular weight excluding hydrogens is 282 g/mol. The van der Waals surface area contributed by atoms with Crippen LogP contribution in [0.15, 0.2) is 0 Å². The minimum absolute atomic E-state index is 0.317. The van der Waals surface area contributed by atoms with Crippen molar-refractivity contribution in [3.05, 3.63) is 0 Å². The molecule has 0 heterocycles. The number of quaternary nitrogens is 1. The minimum Gasteiger partial charge on any atom is -0.258 e. The molecule has 16 heavy (non-hydrogen) atoms. The number of hydrogen-bond donors (Lipinski definition) is 0. The van der Waals surface area contributed by atoms with E-state index in [1.807, 2.05) is 19.6 Å². The summed E-state index contributed by atoms with van der Waals surface area (Å²) in [5.74, 6) is 0. The molecule has 0 rings (SSSR count). The lowest BCUT2D eigenvalue weighted by atomic mass is 10.4. The van der Waals surface area contributed by atoms with Gasteiger partial charge in [-0.15, -0.1) is 0 Å². The van der Waals surface area contributed by atoms with E-state index in [0.717, 1.165) is 0 Å². The molecule has 0 aliphatic carbocycles. The first-order valence-corrected chi connectivity index (χ1v) is 8.81. The van der Waals surface area contributed by atoms with Crippen LogP contribution >= 0.6 is 23.2 Å². The van der Waals surface area contributed by atoms with Crippen molar-refractivity contribution in [1.29, 1.82) is 0 Å². The standard InChI is InChI=1S/C8H17Cl2F3NOSi/c1-14(2,15-16(3,4)5)6-7(9,10)8(11,12)13/h6H2,1-5H3/q+1. The highest BCUT2D eigenvalue weighted by molar-refractivity contribution is 6.69. The lowest BCUT2D eigenvalue weighted by Crippen LogP contribution is -2.56. The van der Waals surface area contributed by atoms with Crippen LogP contribution in [0.25, 0.3) is 0 Å². The Morgan fingerprint density at radius 3 is 1.75 bits per heavy atom. The largest absolute Gasteiger partial charge is 0.427 e. The maximum absolute atomic E-state index is 12.5. The Bertz CT molecular complexity index is 251. The van der Waals surface area contributed by atoms with Crippen molar-refractivity contribution in [2.45, 2.75) is 30.2 Å². The van der Waals surface area contributed by atoms with Crippen LogP contribution in [0.2, 0.25) is 19.6 Å². The van der Waals surface area contributed by atoms with Gasteiger partial charge in [0.25, 0.3) is 12.7 Å². The summed E-state index contributed by atoms with van der Waals surface area (Å²) in [5, 5.41) is 0. The quantitative estimate of drug-likeness (QED) is 0.334. The van der Waals surface area contributed by atoms with Gasteiger partial charge in [0.2, 0.25) is 0 Å². The molecule has 0 N–H and O–H groups in total. The fourth-order valence-corrected chi connectivity index (χ4v) is 3.46. The van der Waals surface area contributed by atoms with Gasteiger partial charge in [-0.3, -0.25) is 4.53 Å². The highest BCUT2D eigenvalue weighted by Crippen LogP contribution is 2.41. The van der Waals surface area contributed by atoms with Crippen LogP contribution in [0.5, 0.6) is 0 Å². The predicted molar refractivity (Wildman–Crippen MR) is 61.9 cm³/mol. The van der Waals surface area contributed by atoms with Gasteiger partial charge in [-0.1, -0.05) is 23.2 Å². The smallest absolute Gasteiger partial charge is 0.258 e. The average Bonchev–Trinajstić information content (AvgIpc) is 1.72. The van der Waals surface area contributed by atoms with Crippen molar-refractivity contribution in [2.24, 2.45) is 0 Å². The molecule has 0 spiro atoms. The second-order valence-corrected chi connectivity index (χ2v) is 11.0. The maximum atomic E-state index is 12.5. The zero-order valence-electron chi connectivity index (χ0n) is 9.95. The van der Waals surface area contributed by atoms with E-state index >= 15 is 0 Å². The molecule has 0 radical (unpaired) electrons. The number of hydroxylamine groups is 3. The Balaban J connectivity index is 4.72. The zero-order chi connectivity index (χ0) is 13.4. The summed E-state index contributed by atoms with van der Waals surface area (Å²) in [4.78, 5) is 0. The van der Waals surface area contributed by atoms with Crippen molar-refractivity contribution in [3.63, 3.8) is 0 Å². The Kier molecular flexibility index (Phi) is 4.79. The first-order valence-electron chi connectivity index (χ1n) is 4.65. The number of halogens is 5. The molecule has 0 aromatic heterocycles. The molecule has 8 heteroatoms. The van der Waals surface area contributed by atoms with Crippen LogP contribution in [0.3, 0.4) is 0 Å². The van der Waals surface area contributed by atoms with E-state index in [9.17, 15) is 13.2 Å². The lowest BCUT2D eigenvalue weighted by Gasteiger charge is -2.37. The summed E-state index contributed by atoms with van der Waals surface area (Å²) in [6.45, 7) is 5.09. The highest BCUT2D eigenvalue weighted by Gasteiger charge is 2.57. The van der Waals surface area contributed by atoms with Gasteiger partial charge in [-0.25, -0.2) is 0 Å². The number of rotatable bonds is 4. The molecule has 0 aliphatic rings. The van der Waals surface area contributed by atoms with Crippen molar-refractivity contribution in [3.8, 4) is 0 Å². The topological polar surface area (TPSA) is 9.23 Å². The molecule has 0 saturated carbocycles. The number of hydrogen-bond acceptors (Lipinski definition) is 1. The third-order valence-corrected chi connectivity index (χ3v) is 3.22. The van der Waals surface area contributed by atoms with Gasteiger partial charge in [0.1, 0.15) is 6.54 Å². The van der Waals surface area contributed by atoms with Crippen molar-refractivity contribution in [1.82, 2.24) is 0 Å². The molecule has 0 atom stereocenters. The van der Waals surface area contributed by atoms with Crippen LogP contribution in [-0.2, 0) is 4.53 Å². The molecule has 98 valence electrons. The Morgan fingerprint density at radius 2 is 1.50 bits per heavy atom. The van der Waals surface area contributed by atoms with Gasteiger partial charge >= 0.3 is 6.18 Å². The second kappa shape index (κ2) is 4.64. The zero-order valence-corrected chi connectivity index (χ0v) is 12.5. The van der Waals surface area contributed by atoms with E-state index in [0.29, 0.717) is 0 Å². The van der Waals surface area contributed by atoms with Gasteiger partial charge in [-0.2, -0.15) is 17.8 Å². The summed E-state index contributed by atoms with van der Waals surface area (Å²) < 4.78 is 39.9. The molecule has 0 bridgehead atoms. The first-order chi connectivity index (χ1) is 6.66. The molecular formula is C8H17Cl2F3NOSi+. The van der Waals surface area contributed by atoms with E-state index in [1.54, 1.807) is 0 Å². The van der Waals surface area contributed by atoms with Gasteiger partial charge < -0.3 is 0 Å². The molecule has 0 aliphatic heterocycles. The SMILES string of the molecule is C[N+](C)(CC(Cl)(Cl)C(F)(F)F)O[Si](C)(C)C. The van der Waals surface area contributed by atoms with Crippen LogP contribution in [-0.4, -0.2) is 44.1 Å². The van der Waals surface area contributed by atoms with Gasteiger partial charge in [0.05, 0.1) is 14.1 Å². The Hall–Kier alpha value is 0.507. The molecule has 0 saturated heterocycles. The molecule has 0 fully saturated rings. The molecule has 2 nitrogen and oxygen atoms in total. The molecule has 0 unspecified atom stereocenters. The van der Waals surface area contributed by atoms with E-state index in [2.05, 4.69) is 0 Å². The number of nitrogens with zero attached hydrogens (tertiary/aromatic N) is 1. The lowest BCUT2D eigenvalue weighted by molar-refractivity contribution is -1.06. The Labute approximate surface area is 105 Å². The molecule has 0 amide bonds. The van der Waals surface area contributed by atoms with E-state index in [-0.39, 0.29) is 4.65 Å². The van der Waals surface area contributed by atoms with E-state index in [4.69, 9.17) is 27.7 Å². The van der Waals surface area contributed by atoms with E-state index < -0.39 is 25.4 Å². The van der Waals surface area contributed by atoms with Crippen molar-refractivity contribution in [2.75, 3.05) is 20.6 Å². The molecule has 0 aromatic carbocycles. The summed E-state index contributed by atoms with van der Waals surface area (Å²) in [7, 11) is 1.04. The summed E-state index contributed by atoms with van der Waals surface area (Å²) in [6.07, 6.45) is -4.67. The second-order valence-electron chi connectivity index (χ2n) is 5.14. The van der Waals surface area contributed by atoms with Crippen LogP contribution in [0, 0.1) is 0 Å². The first kappa shape index (κ1) is 16.5. The van der Waals surface area contributed by atoms with Gasteiger partial charge in [-0.05, 0) is 19.6 Å². The summed E-state index contributed by atoms with van der Waals surface area (Å²) in [5.41, 5.74) is 0. The Morgan fingerprint density at radius 1 is 1.12 bits per heavy atom. The van der Waals surface area contributed by atoms with Crippen LogP contribution in [0.1, 0.15) is 0 Å². The monoisotopic (exact) mass is 298 g/mol. The highest BCUT2D eigenvalue weighted by atomic mass is 35.5. The molecule has 0 aromatic rings.